The van der Waals surface area contributed by atoms with Crippen molar-refractivity contribution in [2.24, 2.45) is 0 Å². The summed E-state index contributed by atoms with van der Waals surface area (Å²) in [5.41, 5.74) is 3.21. The first kappa shape index (κ1) is 21.2. The van der Waals surface area contributed by atoms with E-state index in [0.29, 0.717) is 13.0 Å². The summed E-state index contributed by atoms with van der Waals surface area (Å²) in [6.07, 6.45) is 9.93. The number of H-pyrrole nitrogens is 1. The van der Waals surface area contributed by atoms with Gasteiger partial charge < -0.3 is 19.8 Å². The highest BCUT2D eigenvalue weighted by molar-refractivity contribution is 5.82. The molecule has 2 aliphatic rings. The van der Waals surface area contributed by atoms with E-state index in [4.69, 9.17) is 9.47 Å². The van der Waals surface area contributed by atoms with Gasteiger partial charge >= 0.3 is 0 Å². The first-order valence-electron chi connectivity index (χ1n) is 11.1. The third-order valence-corrected chi connectivity index (χ3v) is 5.91. The first-order valence-corrected chi connectivity index (χ1v) is 11.1. The molecule has 4 rings (SSSR count). The van der Waals surface area contributed by atoms with Crippen LogP contribution in [0.4, 0.5) is 0 Å². The van der Waals surface area contributed by atoms with Crippen molar-refractivity contribution >= 4 is 18.6 Å². The minimum absolute atomic E-state index is 0.0382. The fourth-order valence-corrected chi connectivity index (χ4v) is 4.27. The molecular formula is C25H31N3O3. The van der Waals surface area contributed by atoms with Gasteiger partial charge in [-0.3, -0.25) is 10.1 Å². The molecule has 2 aliphatic heterocycles. The lowest BCUT2D eigenvalue weighted by Gasteiger charge is -2.31. The molecule has 0 aliphatic carbocycles. The average molecular weight is 422 g/mol. The number of fused-ring (bicyclic) bond motifs is 2. The molecule has 1 amide bonds. The Bertz CT molecular complexity index is 1090. The number of aromatic nitrogens is 1. The summed E-state index contributed by atoms with van der Waals surface area (Å²) < 4.78 is 11.0. The number of allylic oxidation sites excluding steroid dienone is 2. The molecule has 6 heteroatoms. The molecule has 0 saturated carbocycles. The molecule has 0 saturated heterocycles. The van der Waals surface area contributed by atoms with Gasteiger partial charge in [0.15, 0.2) is 11.5 Å². The van der Waals surface area contributed by atoms with Crippen molar-refractivity contribution in [1.29, 1.82) is 0 Å². The lowest BCUT2D eigenvalue weighted by Crippen LogP contribution is -2.50. The van der Waals surface area contributed by atoms with Crippen LogP contribution in [0.25, 0.3) is 12.7 Å². The normalized spacial score (nSPS) is 20.3. The van der Waals surface area contributed by atoms with Crippen LogP contribution in [0.2, 0.25) is 0 Å². The zero-order chi connectivity index (χ0) is 21.8. The predicted octanol–water partition coefficient (Wildman–Crippen LogP) is 2.42. The highest BCUT2D eigenvalue weighted by Gasteiger charge is 2.33. The summed E-state index contributed by atoms with van der Waals surface area (Å²) >= 11 is 0. The van der Waals surface area contributed by atoms with Crippen LogP contribution in [0.15, 0.2) is 30.4 Å². The van der Waals surface area contributed by atoms with Gasteiger partial charge in [0.1, 0.15) is 0 Å². The largest absolute Gasteiger partial charge is 0.454 e. The van der Waals surface area contributed by atoms with Crippen molar-refractivity contribution in [3.63, 3.8) is 0 Å². The second-order valence-corrected chi connectivity index (χ2v) is 8.07. The van der Waals surface area contributed by atoms with Crippen molar-refractivity contribution in [2.45, 2.75) is 51.6 Å². The summed E-state index contributed by atoms with van der Waals surface area (Å²) in [5, 5.41) is 8.58. The monoisotopic (exact) mass is 421 g/mol. The Balaban J connectivity index is 1.69. The van der Waals surface area contributed by atoms with Crippen LogP contribution < -0.4 is 30.7 Å². The van der Waals surface area contributed by atoms with Crippen LogP contribution in [0.1, 0.15) is 56.0 Å². The SMILES string of the molecule is C=c1[nH]c2c(/c1=C/C=C\C)C[C@H](C(=O)NCCCCC)N[C@@H]2c1ccc2c(c1)OCO2. The van der Waals surface area contributed by atoms with Gasteiger partial charge in [-0.05, 0) is 43.0 Å². The summed E-state index contributed by atoms with van der Waals surface area (Å²) in [7, 11) is 0. The number of carbonyl (C=O) groups is 1. The Hall–Kier alpha value is -2.99. The number of carbonyl (C=O) groups excluding carboxylic acids is 1. The molecule has 1 aromatic carbocycles. The van der Waals surface area contributed by atoms with E-state index in [-0.39, 0.29) is 24.8 Å². The standard InChI is InChI=1S/C25H31N3O3/c1-4-6-8-12-26-25(29)20-14-19-18(9-7-5-2)16(3)27-24(19)23(28-20)17-10-11-21-22(13-17)31-15-30-21/h5,7,9-11,13,20,23,27-28H,3-4,6,8,12,14-15H2,1-2H3,(H,26,29)/b7-5-,18-9+/t20-,23-/m1/s1. The number of ether oxygens (including phenoxy) is 2. The molecule has 1 aromatic heterocycles. The number of amides is 1. The van der Waals surface area contributed by atoms with E-state index < -0.39 is 0 Å². The number of aromatic amines is 1. The van der Waals surface area contributed by atoms with Crippen LogP contribution in [-0.4, -0.2) is 30.3 Å². The fourth-order valence-electron chi connectivity index (χ4n) is 4.27. The zero-order valence-electron chi connectivity index (χ0n) is 18.3. The van der Waals surface area contributed by atoms with Crippen molar-refractivity contribution in [1.82, 2.24) is 15.6 Å². The molecule has 2 aromatic rings. The van der Waals surface area contributed by atoms with Crippen molar-refractivity contribution < 1.29 is 14.3 Å². The summed E-state index contributed by atoms with van der Waals surface area (Å²) in [4.78, 5) is 16.5. The van der Waals surface area contributed by atoms with Gasteiger partial charge in [-0.15, -0.1) is 0 Å². The third kappa shape index (κ3) is 4.39. The average Bonchev–Trinajstić information content (AvgIpc) is 3.37. The van der Waals surface area contributed by atoms with Crippen LogP contribution in [-0.2, 0) is 11.2 Å². The van der Waals surface area contributed by atoms with Gasteiger partial charge in [0, 0.05) is 22.8 Å². The Labute approximate surface area is 183 Å². The van der Waals surface area contributed by atoms with Crippen molar-refractivity contribution in [3.8, 4) is 11.5 Å². The zero-order valence-corrected chi connectivity index (χ0v) is 18.3. The van der Waals surface area contributed by atoms with E-state index in [1.165, 1.54) is 0 Å². The lowest BCUT2D eigenvalue weighted by atomic mass is 9.90. The molecule has 31 heavy (non-hydrogen) atoms. The van der Waals surface area contributed by atoms with E-state index in [1.54, 1.807) is 0 Å². The molecule has 0 fully saturated rings. The van der Waals surface area contributed by atoms with Gasteiger partial charge in [-0.1, -0.05) is 50.6 Å². The molecule has 0 radical (unpaired) electrons. The van der Waals surface area contributed by atoms with E-state index in [2.05, 4.69) is 35.2 Å². The molecule has 164 valence electrons. The topological polar surface area (TPSA) is 75.4 Å². The molecule has 6 nitrogen and oxygen atoms in total. The number of hydrogen-bond donors (Lipinski definition) is 3. The molecule has 0 unspecified atom stereocenters. The maximum atomic E-state index is 13.0. The maximum absolute atomic E-state index is 13.0. The molecule has 0 bridgehead atoms. The number of hydrogen-bond acceptors (Lipinski definition) is 4. The second kappa shape index (κ2) is 9.43. The first-order chi connectivity index (χ1) is 15.1. The van der Waals surface area contributed by atoms with Gasteiger partial charge in [0.25, 0.3) is 0 Å². The van der Waals surface area contributed by atoms with Gasteiger partial charge in [-0.2, -0.15) is 0 Å². The van der Waals surface area contributed by atoms with Crippen LogP contribution in [0.3, 0.4) is 0 Å². The Morgan fingerprint density at radius 1 is 1.29 bits per heavy atom. The fraction of sp³-hybridized carbons (Fsp3) is 0.400. The molecule has 2 atom stereocenters. The predicted molar refractivity (Wildman–Crippen MR) is 122 cm³/mol. The number of benzene rings is 1. The van der Waals surface area contributed by atoms with E-state index >= 15 is 0 Å². The molecule has 3 N–H and O–H groups in total. The lowest BCUT2D eigenvalue weighted by molar-refractivity contribution is -0.123. The Morgan fingerprint density at radius 3 is 2.94 bits per heavy atom. The van der Waals surface area contributed by atoms with Crippen LogP contribution >= 0.6 is 0 Å². The summed E-state index contributed by atoms with van der Waals surface area (Å²) in [6.45, 7) is 9.30. The highest BCUT2D eigenvalue weighted by Crippen LogP contribution is 2.36. The van der Waals surface area contributed by atoms with Gasteiger partial charge in [0.05, 0.1) is 12.1 Å². The quantitative estimate of drug-likeness (QED) is 0.601. The summed E-state index contributed by atoms with van der Waals surface area (Å²) in [5.74, 6) is 1.52. The summed E-state index contributed by atoms with van der Waals surface area (Å²) in [6, 6.07) is 5.45. The van der Waals surface area contributed by atoms with Crippen LogP contribution in [0.5, 0.6) is 11.5 Å². The number of rotatable bonds is 7. The maximum Gasteiger partial charge on any atom is 0.237 e. The second-order valence-electron chi connectivity index (χ2n) is 8.07. The molecule has 0 spiro atoms. The van der Waals surface area contributed by atoms with E-state index in [1.807, 2.05) is 37.3 Å². The van der Waals surface area contributed by atoms with Crippen LogP contribution in [0, 0.1) is 0 Å². The minimum atomic E-state index is -0.322. The number of unbranched alkanes of at least 4 members (excludes halogenated alkanes) is 2. The Kier molecular flexibility index (Phi) is 6.47. The van der Waals surface area contributed by atoms with Gasteiger partial charge in [0.2, 0.25) is 12.7 Å². The van der Waals surface area contributed by atoms with Gasteiger partial charge in [-0.25, -0.2) is 0 Å². The number of nitrogens with one attached hydrogen (secondary N) is 3. The molecule has 3 heterocycles. The van der Waals surface area contributed by atoms with E-state index in [9.17, 15) is 4.79 Å². The smallest absolute Gasteiger partial charge is 0.237 e. The highest BCUT2D eigenvalue weighted by atomic mass is 16.7. The molecular weight excluding hydrogens is 390 g/mol. The minimum Gasteiger partial charge on any atom is -0.454 e. The third-order valence-electron chi connectivity index (χ3n) is 5.91. The van der Waals surface area contributed by atoms with E-state index in [0.717, 1.165) is 58.2 Å². The van der Waals surface area contributed by atoms with Crippen molar-refractivity contribution in [2.75, 3.05) is 13.3 Å². The van der Waals surface area contributed by atoms with Crippen molar-refractivity contribution in [3.05, 3.63) is 57.7 Å². The Morgan fingerprint density at radius 2 is 2.13 bits per heavy atom.